The van der Waals surface area contributed by atoms with Gasteiger partial charge in [0.15, 0.2) is 6.10 Å². The Hall–Kier alpha value is -2.63. The van der Waals surface area contributed by atoms with Crippen molar-refractivity contribution in [1.29, 1.82) is 0 Å². The highest BCUT2D eigenvalue weighted by molar-refractivity contribution is 5.71. The Labute approximate surface area is 479 Å². The monoisotopic (exact) mass is 1080 g/mol. The average Bonchev–Trinajstić information content (AvgIpc) is 3.43. The van der Waals surface area contributed by atoms with E-state index in [1.54, 1.807) is 0 Å². The van der Waals surface area contributed by atoms with E-state index in [2.05, 4.69) is 69.4 Å². The second-order valence-corrected chi connectivity index (χ2v) is 23.1. The number of unbranched alkanes of at least 4 members (excludes halogenated alkanes) is 44. The van der Waals surface area contributed by atoms with Gasteiger partial charge in [-0.3, -0.25) is 14.4 Å². The number of esters is 3. The standard InChI is InChI=1S/C71H130O6/c1-4-7-10-13-16-19-22-25-28-30-32-33-34-35-36-37-38-39-40-42-43-46-49-52-55-58-61-64-70(73)76-67-68(66-75-69(72)63-60-57-54-51-48-45-27-24-21-18-15-12-9-6-3)77-71(74)65-62-59-56-53-50-47-44-41-31-29-26-23-20-17-14-11-8-5-2/h15,18,24,27,29-32,68H,4-14,16-17,19-23,25-26,28,33-67H2,1-3H3/b18-15-,27-24-,31-29-,32-30-. The minimum absolute atomic E-state index is 0.0763. The normalized spacial score (nSPS) is 12.3. The van der Waals surface area contributed by atoms with Crippen molar-refractivity contribution in [2.45, 2.75) is 374 Å². The van der Waals surface area contributed by atoms with E-state index in [0.29, 0.717) is 19.3 Å². The van der Waals surface area contributed by atoms with Gasteiger partial charge in [-0.2, -0.15) is 0 Å². The van der Waals surface area contributed by atoms with Gasteiger partial charge in [0.25, 0.3) is 0 Å². The Bertz CT molecular complexity index is 1330. The van der Waals surface area contributed by atoms with E-state index >= 15 is 0 Å². The van der Waals surface area contributed by atoms with Gasteiger partial charge in [0.05, 0.1) is 0 Å². The lowest BCUT2D eigenvalue weighted by molar-refractivity contribution is -0.167. The van der Waals surface area contributed by atoms with Gasteiger partial charge >= 0.3 is 17.9 Å². The molecule has 1 atom stereocenters. The first kappa shape index (κ1) is 74.4. The first-order chi connectivity index (χ1) is 38.0. The summed E-state index contributed by atoms with van der Waals surface area (Å²) in [5.41, 5.74) is 0. The molecule has 1 unspecified atom stereocenters. The van der Waals surface area contributed by atoms with E-state index in [9.17, 15) is 14.4 Å². The van der Waals surface area contributed by atoms with Gasteiger partial charge < -0.3 is 14.2 Å². The van der Waals surface area contributed by atoms with Crippen LogP contribution in [0.25, 0.3) is 0 Å². The van der Waals surface area contributed by atoms with Crippen molar-refractivity contribution in [1.82, 2.24) is 0 Å². The van der Waals surface area contributed by atoms with Crippen LogP contribution in [0.2, 0.25) is 0 Å². The molecule has 0 aliphatic carbocycles. The zero-order chi connectivity index (χ0) is 55.7. The van der Waals surface area contributed by atoms with Crippen molar-refractivity contribution in [3.63, 3.8) is 0 Å². The summed E-state index contributed by atoms with van der Waals surface area (Å²) >= 11 is 0. The lowest BCUT2D eigenvalue weighted by Gasteiger charge is -2.18. The van der Waals surface area contributed by atoms with Crippen LogP contribution in [0.4, 0.5) is 0 Å². The van der Waals surface area contributed by atoms with Gasteiger partial charge in [0.1, 0.15) is 13.2 Å². The Morgan fingerprint density at radius 1 is 0.260 bits per heavy atom. The number of rotatable bonds is 63. The highest BCUT2D eigenvalue weighted by Gasteiger charge is 2.19. The van der Waals surface area contributed by atoms with E-state index in [0.717, 1.165) is 77.0 Å². The van der Waals surface area contributed by atoms with Gasteiger partial charge in [-0.25, -0.2) is 0 Å². The molecule has 0 spiro atoms. The quantitative estimate of drug-likeness (QED) is 0.0261. The van der Waals surface area contributed by atoms with Crippen LogP contribution in [0.5, 0.6) is 0 Å². The molecule has 0 heterocycles. The molecule has 0 saturated carbocycles. The molecule has 77 heavy (non-hydrogen) atoms. The molecule has 0 fully saturated rings. The molecule has 0 rings (SSSR count). The van der Waals surface area contributed by atoms with Crippen molar-refractivity contribution in [2.75, 3.05) is 13.2 Å². The van der Waals surface area contributed by atoms with Crippen LogP contribution >= 0.6 is 0 Å². The van der Waals surface area contributed by atoms with Crippen LogP contribution < -0.4 is 0 Å². The molecule has 450 valence electrons. The van der Waals surface area contributed by atoms with Crippen LogP contribution in [-0.2, 0) is 28.6 Å². The lowest BCUT2D eigenvalue weighted by atomic mass is 10.0. The average molecular weight is 1080 g/mol. The van der Waals surface area contributed by atoms with Crippen LogP contribution in [0.1, 0.15) is 367 Å². The third-order valence-corrected chi connectivity index (χ3v) is 15.3. The summed E-state index contributed by atoms with van der Waals surface area (Å²) in [6, 6.07) is 0. The summed E-state index contributed by atoms with van der Waals surface area (Å²) in [7, 11) is 0. The zero-order valence-electron chi connectivity index (χ0n) is 51.7. The smallest absolute Gasteiger partial charge is 0.306 e. The van der Waals surface area contributed by atoms with Gasteiger partial charge in [0, 0.05) is 19.3 Å². The van der Waals surface area contributed by atoms with Crippen molar-refractivity contribution in [3.05, 3.63) is 48.6 Å². The summed E-state index contributed by atoms with van der Waals surface area (Å²) in [6.07, 6.45) is 82.8. The van der Waals surface area contributed by atoms with E-state index in [4.69, 9.17) is 14.2 Å². The van der Waals surface area contributed by atoms with Gasteiger partial charge in [-0.1, -0.05) is 301 Å². The second kappa shape index (κ2) is 65.9. The second-order valence-electron chi connectivity index (χ2n) is 23.1. The molecule has 0 bridgehead atoms. The molecular formula is C71H130O6. The summed E-state index contributed by atoms with van der Waals surface area (Å²) in [6.45, 7) is 6.64. The molecule has 0 amide bonds. The molecule has 0 aliphatic heterocycles. The lowest BCUT2D eigenvalue weighted by Crippen LogP contribution is -2.30. The van der Waals surface area contributed by atoms with Crippen molar-refractivity contribution in [2.24, 2.45) is 0 Å². The summed E-state index contributed by atoms with van der Waals surface area (Å²) in [4.78, 5) is 38.4. The summed E-state index contributed by atoms with van der Waals surface area (Å²) in [5, 5.41) is 0. The topological polar surface area (TPSA) is 78.9 Å². The summed E-state index contributed by atoms with van der Waals surface area (Å²) in [5.74, 6) is -0.873. The molecule has 0 aromatic rings. The highest BCUT2D eigenvalue weighted by atomic mass is 16.6. The van der Waals surface area contributed by atoms with E-state index in [1.165, 1.54) is 250 Å². The Balaban J connectivity index is 4.24. The van der Waals surface area contributed by atoms with Crippen LogP contribution in [-0.4, -0.2) is 37.2 Å². The van der Waals surface area contributed by atoms with Crippen LogP contribution in [0.15, 0.2) is 48.6 Å². The first-order valence-corrected chi connectivity index (χ1v) is 34.1. The fraction of sp³-hybridized carbons (Fsp3) is 0.845. The predicted molar refractivity (Wildman–Crippen MR) is 335 cm³/mol. The van der Waals surface area contributed by atoms with Crippen LogP contribution in [0, 0.1) is 0 Å². The highest BCUT2D eigenvalue weighted by Crippen LogP contribution is 2.17. The molecule has 0 aromatic heterocycles. The maximum atomic E-state index is 12.9. The molecule has 0 aromatic carbocycles. The summed E-state index contributed by atoms with van der Waals surface area (Å²) < 4.78 is 17.0. The number of allylic oxidation sites excluding steroid dienone is 8. The van der Waals surface area contributed by atoms with E-state index in [1.807, 2.05) is 0 Å². The largest absolute Gasteiger partial charge is 0.462 e. The minimum atomic E-state index is -0.781. The van der Waals surface area contributed by atoms with Crippen LogP contribution in [0.3, 0.4) is 0 Å². The maximum absolute atomic E-state index is 12.9. The Morgan fingerprint density at radius 3 is 0.766 bits per heavy atom. The molecule has 0 N–H and O–H groups in total. The molecule has 0 saturated heterocycles. The number of carbonyl (C=O) groups is 3. The van der Waals surface area contributed by atoms with Gasteiger partial charge in [-0.15, -0.1) is 0 Å². The number of carbonyl (C=O) groups excluding carboxylic acids is 3. The molecule has 6 nitrogen and oxygen atoms in total. The molecule has 6 heteroatoms. The predicted octanol–water partition coefficient (Wildman–Crippen LogP) is 23.3. The number of hydrogen-bond donors (Lipinski definition) is 0. The fourth-order valence-corrected chi connectivity index (χ4v) is 10.1. The third kappa shape index (κ3) is 64.1. The SMILES string of the molecule is CCCC/C=C\C/C=C\CCCCCCCC(=O)OCC(COC(=O)CCCCCCCCCCCCCCCCC/C=C\CCCCCCCCCC)OC(=O)CCCCCCCCC/C=C\CCCCCCCCC. The zero-order valence-corrected chi connectivity index (χ0v) is 51.7. The van der Waals surface area contributed by atoms with Gasteiger partial charge in [0.2, 0.25) is 0 Å². The number of hydrogen-bond acceptors (Lipinski definition) is 6. The number of ether oxygens (including phenoxy) is 3. The molecular weight excluding hydrogens is 949 g/mol. The maximum Gasteiger partial charge on any atom is 0.306 e. The van der Waals surface area contributed by atoms with E-state index < -0.39 is 6.10 Å². The van der Waals surface area contributed by atoms with Crippen molar-refractivity contribution in [3.8, 4) is 0 Å². The Morgan fingerprint density at radius 2 is 0.481 bits per heavy atom. The minimum Gasteiger partial charge on any atom is -0.462 e. The van der Waals surface area contributed by atoms with Gasteiger partial charge in [-0.05, 0) is 96.3 Å². The van der Waals surface area contributed by atoms with Crippen molar-refractivity contribution >= 4 is 17.9 Å². The Kier molecular flexibility index (Phi) is 63.6. The fourth-order valence-electron chi connectivity index (χ4n) is 10.1. The van der Waals surface area contributed by atoms with E-state index in [-0.39, 0.29) is 31.1 Å². The third-order valence-electron chi connectivity index (χ3n) is 15.3. The molecule has 0 radical (unpaired) electrons. The first-order valence-electron chi connectivity index (χ1n) is 34.1. The molecule has 0 aliphatic rings. The van der Waals surface area contributed by atoms with Crippen molar-refractivity contribution < 1.29 is 28.6 Å².